The average molecular weight is 1330 g/mol. The topological polar surface area (TPSA) is 625 Å². The van der Waals surface area contributed by atoms with E-state index in [-0.39, 0.29) is 133 Å². The molecule has 1 aromatic heterocycles. The van der Waals surface area contributed by atoms with Gasteiger partial charge >= 0.3 is 0 Å². The van der Waals surface area contributed by atoms with Gasteiger partial charge in [-0.3, -0.25) is 72.5 Å². The summed E-state index contributed by atoms with van der Waals surface area (Å²) in [6.07, 6.45) is 5.31. The molecule has 1 aliphatic rings. The fourth-order valence-electron chi connectivity index (χ4n) is 9.60. The number of H-pyrrole nitrogens is 1. The van der Waals surface area contributed by atoms with Crippen LogP contribution in [-0.2, 0) is 64.0 Å². The standard InChI is InChI=1S/C58H104N24O12/c1-32(2)27-40(50(91)82-58(5,6)53(94)81-41(29-34-30-69-31-74-34)49(90)78-39(44(60)85)28-33-19-25-68-26-20-33)79-46(87)36(14-11-23-72-55(64)65)75-43(84)16-8-10-21-70-45(86)35(13-7-9-22-71-54(62)63)76-48(89)38(17-18-42(59)83)77-47(88)37(15-12-24-73-56(66)67)80-52(93)57(3,4)51(61)92/h30-33,35-41,68H,7-29H2,1-6H3,(H2,59,83)(H2,60,85)(H2,61,92)(H,69,74)(H,70,86)(H,75,84)(H,76,89)(H,77,88)(H,78,90)(H,79,87)(H,80,93)(H,81,94)(H,82,91)(H4,62,63,71)(H4,64,65,72)(H4,66,67,73)/t35-,36+,37+,38-,39-,40-,41-/m0/s1. The number of amides is 12. The maximum Gasteiger partial charge on any atom is 0.245 e. The van der Waals surface area contributed by atoms with Crippen LogP contribution in [0.2, 0.25) is 0 Å². The number of guanidine groups is 3. The highest BCUT2D eigenvalue weighted by atomic mass is 16.2. The van der Waals surface area contributed by atoms with Gasteiger partial charge in [0.2, 0.25) is 70.9 Å². The van der Waals surface area contributed by atoms with Crippen molar-refractivity contribution in [3.63, 3.8) is 0 Å². The molecule has 7 atom stereocenters. The number of unbranched alkanes of at least 4 members (excludes halogenated alkanes) is 2. The largest absolute Gasteiger partial charge is 0.370 e. The number of carbonyl (C=O) groups excluding carboxylic acids is 12. The van der Waals surface area contributed by atoms with E-state index in [2.05, 4.69) is 78.1 Å². The fourth-order valence-corrected chi connectivity index (χ4v) is 9.60. The number of aliphatic imine (C=N–C) groups is 3. The smallest absolute Gasteiger partial charge is 0.245 e. The lowest BCUT2D eigenvalue weighted by Crippen LogP contribution is -2.63. The molecule has 2 rings (SSSR count). The first-order chi connectivity index (χ1) is 44.1. The molecule has 1 saturated heterocycles. The van der Waals surface area contributed by atoms with Crippen LogP contribution in [0.25, 0.3) is 0 Å². The third-order valence-electron chi connectivity index (χ3n) is 15.3. The number of imidazole rings is 1. The number of nitrogens with zero attached hydrogens (tertiary/aromatic N) is 4. The Labute approximate surface area is 547 Å². The third kappa shape index (κ3) is 31.8. The molecule has 12 amide bonds. The minimum absolute atomic E-state index is 0.00744. The monoisotopic (exact) mass is 1330 g/mol. The Morgan fingerprint density at radius 1 is 0.543 bits per heavy atom. The Morgan fingerprint density at radius 3 is 1.54 bits per heavy atom. The molecule has 0 aromatic carbocycles. The van der Waals surface area contributed by atoms with Gasteiger partial charge in [0, 0.05) is 57.3 Å². The highest BCUT2D eigenvalue weighted by Crippen LogP contribution is 2.20. The van der Waals surface area contributed by atoms with Crippen LogP contribution in [0.5, 0.6) is 0 Å². The molecule has 0 spiro atoms. The Bertz CT molecular complexity index is 2770. The molecule has 2 heterocycles. The second-order valence-corrected chi connectivity index (χ2v) is 24.7. The van der Waals surface area contributed by atoms with Crippen LogP contribution in [0.3, 0.4) is 0 Å². The lowest BCUT2D eigenvalue weighted by Gasteiger charge is -2.31. The molecular weight excluding hydrogens is 1220 g/mol. The van der Waals surface area contributed by atoms with Crippen molar-refractivity contribution in [1.82, 2.24) is 63.1 Å². The number of piperidine rings is 1. The lowest BCUT2D eigenvalue weighted by atomic mass is 9.90. The SMILES string of the molecule is CC(C)C[C@H](NC(=O)[C@@H](CCCN=C(N)N)NC(=O)CCCCNC(=O)[C@H](CCCCN=C(N)N)NC(=O)[C@H](CCC(N)=O)NC(=O)[C@@H](CCCN=C(N)N)NC(=O)C(C)(C)C(N)=O)C(=O)NC(C)(C)C(=O)N[C@@H](Cc1cnc[nH]1)C(=O)N[C@@H](CC1CCNCC1)C(N)=O. The van der Waals surface area contributed by atoms with E-state index in [1.807, 2.05) is 13.8 Å². The molecular formula is C58H104N24O12. The summed E-state index contributed by atoms with van der Waals surface area (Å²) in [4.78, 5) is 180. The summed E-state index contributed by atoms with van der Waals surface area (Å²) in [6.45, 7) is 10.8. The molecule has 29 N–H and O–H groups in total. The second kappa shape index (κ2) is 41.3. The first-order valence-corrected chi connectivity index (χ1v) is 31.6. The Balaban J connectivity index is 2.26. The summed E-state index contributed by atoms with van der Waals surface area (Å²) in [7, 11) is 0. The van der Waals surface area contributed by atoms with Crippen molar-refractivity contribution < 1.29 is 57.5 Å². The van der Waals surface area contributed by atoms with Crippen LogP contribution in [0.15, 0.2) is 27.5 Å². The number of carbonyl (C=O) groups is 12. The number of rotatable bonds is 45. The summed E-state index contributed by atoms with van der Waals surface area (Å²) >= 11 is 0. The van der Waals surface area contributed by atoms with Gasteiger partial charge in [-0.1, -0.05) is 13.8 Å². The fraction of sp³-hybridized carbons (Fsp3) is 0.690. The predicted molar refractivity (Wildman–Crippen MR) is 350 cm³/mol. The van der Waals surface area contributed by atoms with Crippen molar-refractivity contribution in [2.45, 2.75) is 199 Å². The van der Waals surface area contributed by atoms with E-state index < -0.39 is 124 Å². The summed E-state index contributed by atoms with van der Waals surface area (Å²) in [5.41, 5.74) is 46.5. The molecule has 36 nitrogen and oxygen atoms in total. The quantitative estimate of drug-likeness (QED) is 0.0125. The van der Waals surface area contributed by atoms with E-state index in [9.17, 15) is 57.5 Å². The van der Waals surface area contributed by atoms with Crippen molar-refractivity contribution in [2.75, 3.05) is 39.3 Å². The highest BCUT2D eigenvalue weighted by Gasteiger charge is 2.39. The molecule has 0 radical (unpaired) electrons. The van der Waals surface area contributed by atoms with E-state index in [1.54, 1.807) is 0 Å². The molecule has 36 heteroatoms. The van der Waals surface area contributed by atoms with Gasteiger partial charge in [0.05, 0.1) is 6.33 Å². The van der Waals surface area contributed by atoms with E-state index >= 15 is 0 Å². The zero-order valence-electron chi connectivity index (χ0n) is 55.0. The van der Waals surface area contributed by atoms with Gasteiger partial charge in [-0.15, -0.1) is 0 Å². The Hall–Kier alpha value is -9.38. The molecule has 0 bridgehead atoms. The molecule has 528 valence electrons. The molecule has 1 fully saturated rings. The summed E-state index contributed by atoms with van der Waals surface area (Å²) in [6, 6.07) is -8.83. The van der Waals surface area contributed by atoms with Gasteiger partial charge in [0.1, 0.15) is 53.2 Å². The average Bonchev–Trinajstić information content (AvgIpc) is 0.960. The Morgan fingerprint density at radius 2 is 1.03 bits per heavy atom. The first-order valence-electron chi connectivity index (χ1n) is 31.6. The number of aromatic nitrogens is 2. The number of primary amides is 3. The molecule has 94 heavy (non-hydrogen) atoms. The summed E-state index contributed by atoms with van der Waals surface area (Å²) in [5.74, 6) is -10.1. The van der Waals surface area contributed by atoms with E-state index in [0.29, 0.717) is 25.0 Å². The van der Waals surface area contributed by atoms with Crippen LogP contribution in [0.1, 0.15) is 150 Å². The minimum Gasteiger partial charge on any atom is -0.370 e. The summed E-state index contributed by atoms with van der Waals surface area (Å²) in [5, 5.41) is 27.2. The number of nitrogens with one attached hydrogen (secondary N) is 11. The number of aromatic amines is 1. The summed E-state index contributed by atoms with van der Waals surface area (Å²) < 4.78 is 0. The normalized spacial score (nSPS) is 14.7. The second-order valence-electron chi connectivity index (χ2n) is 24.7. The van der Waals surface area contributed by atoms with E-state index in [0.717, 1.165) is 25.9 Å². The van der Waals surface area contributed by atoms with Crippen LogP contribution < -0.4 is 105 Å². The minimum atomic E-state index is -1.76. The van der Waals surface area contributed by atoms with Crippen molar-refractivity contribution in [3.8, 4) is 0 Å². The van der Waals surface area contributed by atoms with Gasteiger partial charge in [0.15, 0.2) is 17.9 Å². The van der Waals surface area contributed by atoms with Crippen LogP contribution in [0, 0.1) is 17.3 Å². The maximum atomic E-state index is 14.2. The van der Waals surface area contributed by atoms with E-state index in [1.165, 1.54) is 40.2 Å². The van der Waals surface area contributed by atoms with Gasteiger partial charge < -0.3 is 110 Å². The maximum absolute atomic E-state index is 14.2. The molecule has 0 unspecified atom stereocenters. The zero-order valence-corrected chi connectivity index (χ0v) is 55.0. The van der Waals surface area contributed by atoms with Crippen molar-refractivity contribution >= 4 is 88.8 Å². The number of hydrogen-bond acceptors (Lipinski definition) is 17. The molecule has 0 saturated carbocycles. The van der Waals surface area contributed by atoms with Gasteiger partial charge in [-0.05, 0) is 143 Å². The van der Waals surface area contributed by atoms with Crippen molar-refractivity contribution in [1.29, 1.82) is 0 Å². The first kappa shape index (κ1) is 80.7. The third-order valence-corrected chi connectivity index (χ3v) is 15.3. The van der Waals surface area contributed by atoms with Gasteiger partial charge in [0.25, 0.3) is 0 Å². The van der Waals surface area contributed by atoms with Crippen LogP contribution in [0.4, 0.5) is 0 Å². The molecule has 1 aliphatic heterocycles. The van der Waals surface area contributed by atoms with Gasteiger partial charge in [-0.25, -0.2) is 4.98 Å². The zero-order chi connectivity index (χ0) is 70.7. The number of nitrogens with two attached hydrogens (primary N) is 9. The van der Waals surface area contributed by atoms with Crippen molar-refractivity contribution in [3.05, 3.63) is 18.2 Å². The Kier molecular flexibility index (Phi) is 35.4. The number of hydrogen-bond donors (Lipinski definition) is 20. The highest BCUT2D eigenvalue weighted by molar-refractivity contribution is 6.05. The van der Waals surface area contributed by atoms with E-state index in [4.69, 9.17) is 51.6 Å². The molecule has 1 aromatic rings. The molecule has 0 aliphatic carbocycles. The lowest BCUT2D eigenvalue weighted by molar-refractivity contribution is -0.142. The van der Waals surface area contributed by atoms with Gasteiger partial charge in [-0.2, -0.15) is 0 Å². The van der Waals surface area contributed by atoms with Crippen LogP contribution >= 0.6 is 0 Å². The van der Waals surface area contributed by atoms with Crippen LogP contribution in [-0.4, -0.2) is 186 Å². The van der Waals surface area contributed by atoms with Crippen molar-refractivity contribution in [2.24, 2.45) is 83.8 Å². The predicted octanol–water partition coefficient (Wildman–Crippen LogP) is -6.22.